The highest BCUT2D eigenvalue weighted by Crippen LogP contribution is 2.25. The lowest BCUT2D eigenvalue weighted by Gasteiger charge is -2.03. The van der Waals surface area contributed by atoms with Crippen molar-refractivity contribution in [3.8, 4) is 0 Å². The third kappa shape index (κ3) is 1.88. The summed E-state index contributed by atoms with van der Waals surface area (Å²) in [6, 6.07) is 0. The van der Waals surface area contributed by atoms with Crippen molar-refractivity contribution >= 4 is 22.2 Å². The molecule has 0 amide bonds. The number of carbonyl (C=O) groups excluding carboxylic acids is 1. The van der Waals surface area contributed by atoms with E-state index in [-0.39, 0.29) is 10.8 Å². The molecule has 0 unspecified atom stereocenters. The van der Waals surface area contributed by atoms with Gasteiger partial charge in [-0.25, -0.2) is 13.2 Å². The van der Waals surface area contributed by atoms with Gasteiger partial charge in [0.2, 0.25) is 0 Å². The SMILES string of the molecule is O=Cc1c(Br)cnc(C(F)F)c1F. The van der Waals surface area contributed by atoms with Gasteiger partial charge in [-0.05, 0) is 15.9 Å². The molecule has 1 heterocycles. The summed E-state index contributed by atoms with van der Waals surface area (Å²) >= 11 is 2.81. The van der Waals surface area contributed by atoms with Crippen LogP contribution in [0.1, 0.15) is 22.5 Å². The first-order valence-corrected chi connectivity index (χ1v) is 3.94. The first-order valence-electron chi connectivity index (χ1n) is 3.15. The van der Waals surface area contributed by atoms with Crippen LogP contribution in [0.5, 0.6) is 0 Å². The molecule has 0 fully saturated rings. The van der Waals surface area contributed by atoms with E-state index in [4.69, 9.17) is 0 Å². The summed E-state index contributed by atoms with van der Waals surface area (Å²) in [4.78, 5) is 13.4. The Balaban J connectivity index is 3.35. The maximum Gasteiger partial charge on any atom is 0.283 e. The molecule has 0 aliphatic carbocycles. The number of carbonyl (C=O) groups is 1. The Hall–Kier alpha value is -0.910. The van der Waals surface area contributed by atoms with Crippen molar-refractivity contribution in [1.29, 1.82) is 0 Å². The minimum Gasteiger partial charge on any atom is -0.298 e. The lowest BCUT2D eigenvalue weighted by atomic mass is 10.2. The second-order valence-electron chi connectivity index (χ2n) is 2.14. The van der Waals surface area contributed by atoms with Gasteiger partial charge >= 0.3 is 0 Å². The number of hydrogen-bond donors (Lipinski definition) is 0. The highest BCUT2D eigenvalue weighted by molar-refractivity contribution is 9.10. The summed E-state index contributed by atoms with van der Waals surface area (Å²) in [7, 11) is 0. The van der Waals surface area contributed by atoms with Gasteiger partial charge in [-0.2, -0.15) is 0 Å². The molecule has 6 heteroatoms. The average Bonchev–Trinajstić information content (AvgIpc) is 2.04. The van der Waals surface area contributed by atoms with Crippen molar-refractivity contribution in [2.75, 3.05) is 0 Å². The van der Waals surface area contributed by atoms with Crippen molar-refractivity contribution in [3.05, 3.63) is 27.7 Å². The predicted octanol–water partition coefficient (Wildman–Crippen LogP) is 2.73. The molecule has 0 aliphatic heterocycles. The fourth-order valence-electron chi connectivity index (χ4n) is 0.755. The largest absolute Gasteiger partial charge is 0.298 e. The van der Waals surface area contributed by atoms with Gasteiger partial charge in [-0.1, -0.05) is 0 Å². The van der Waals surface area contributed by atoms with Gasteiger partial charge in [0.25, 0.3) is 6.43 Å². The van der Waals surface area contributed by atoms with Crippen LogP contribution in [-0.4, -0.2) is 11.3 Å². The molecular formula is C7H3BrF3NO. The Morgan fingerprint density at radius 3 is 2.62 bits per heavy atom. The minimum absolute atomic E-state index is 0.0596. The maximum atomic E-state index is 13.0. The number of halogens is 4. The Labute approximate surface area is 79.9 Å². The van der Waals surface area contributed by atoms with Crippen molar-refractivity contribution in [2.24, 2.45) is 0 Å². The molecule has 0 saturated heterocycles. The van der Waals surface area contributed by atoms with E-state index >= 15 is 0 Å². The second-order valence-corrected chi connectivity index (χ2v) is 2.99. The summed E-state index contributed by atoms with van der Waals surface area (Å²) in [5, 5.41) is 0. The quantitative estimate of drug-likeness (QED) is 0.759. The normalized spacial score (nSPS) is 10.5. The maximum absolute atomic E-state index is 13.0. The number of nitrogens with zero attached hydrogens (tertiary/aromatic N) is 1. The lowest BCUT2D eigenvalue weighted by Crippen LogP contribution is -2.00. The lowest BCUT2D eigenvalue weighted by molar-refractivity contribution is 0.111. The van der Waals surface area contributed by atoms with Crippen LogP contribution in [0.25, 0.3) is 0 Å². The number of hydrogen-bond acceptors (Lipinski definition) is 2. The third-order valence-corrected chi connectivity index (χ3v) is 1.99. The Morgan fingerprint density at radius 1 is 1.54 bits per heavy atom. The van der Waals surface area contributed by atoms with Gasteiger partial charge in [0, 0.05) is 10.7 Å². The fraction of sp³-hybridized carbons (Fsp3) is 0.143. The Kier molecular flexibility index (Phi) is 3.02. The molecule has 0 spiro atoms. The van der Waals surface area contributed by atoms with E-state index < -0.39 is 23.5 Å². The van der Waals surface area contributed by atoms with E-state index in [2.05, 4.69) is 20.9 Å². The molecule has 0 saturated carbocycles. The smallest absolute Gasteiger partial charge is 0.283 e. The number of aromatic nitrogens is 1. The van der Waals surface area contributed by atoms with E-state index in [0.29, 0.717) is 0 Å². The molecule has 0 N–H and O–H groups in total. The number of pyridine rings is 1. The third-order valence-electron chi connectivity index (χ3n) is 1.36. The van der Waals surface area contributed by atoms with Crippen LogP contribution in [-0.2, 0) is 0 Å². The van der Waals surface area contributed by atoms with Crippen LogP contribution in [0.4, 0.5) is 13.2 Å². The fourth-order valence-corrected chi connectivity index (χ4v) is 1.13. The van der Waals surface area contributed by atoms with Gasteiger partial charge in [-0.15, -0.1) is 0 Å². The summed E-state index contributed by atoms with van der Waals surface area (Å²) in [5.41, 5.74) is -1.45. The molecule has 13 heavy (non-hydrogen) atoms. The predicted molar refractivity (Wildman–Crippen MR) is 42.2 cm³/mol. The zero-order valence-electron chi connectivity index (χ0n) is 6.10. The minimum atomic E-state index is -3.02. The molecule has 1 rings (SSSR count). The number of alkyl halides is 2. The van der Waals surface area contributed by atoms with Crippen molar-refractivity contribution in [2.45, 2.75) is 6.43 Å². The first kappa shape index (κ1) is 10.2. The van der Waals surface area contributed by atoms with Gasteiger partial charge < -0.3 is 0 Å². The van der Waals surface area contributed by atoms with E-state index in [1.54, 1.807) is 0 Å². The van der Waals surface area contributed by atoms with E-state index in [1.165, 1.54) is 0 Å². The summed E-state index contributed by atoms with van der Waals surface area (Å²) in [6.07, 6.45) is -1.90. The van der Waals surface area contributed by atoms with E-state index in [9.17, 15) is 18.0 Å². The van der Waals surface area contributed by atoms with E-state index in [0.717, 1.165) is 6.20 Å². The van der Waals surface area contributed by atoms with Crippen LogP contribution in [0.15, 0.2) is 10.7 Å². The van der Waals surface area contributed by atoms with Crippen LogP contribution in [0.3, 0.4) is 0 Å². The second kappa shape index (κ2) is 3.87. The van der Waals surface area contributed by atoms with Crippen LogP contribution in [0, 0.1) is 5.82 Å². The zero-order valence-corrected chi connectivity index (χ0v) is 7.69. The van der Waals surface area contributed by atoms with Gasteiger partial charge in [0.1, 0.15) is 5.69 Å². The molecule has 0 bridgehead atoms. The van der Waals surface area contributed by atoms with Crippen molar-refractivity contribution < 1.29 is 18.0 Å². The average molecular weight is 254 g/mol. The standard InChI is InChI=1S/C7H3BrF3NO/c8-4-1-12-6(7(10)11)5(9)3(4)2-13/h1-2,7H. The van der Waals surface area contributed by atoms with Crippen molar-refractivity contribution in [3.63, 3.8) is 0 Å². The van der Waals surface area contributed by atoms with Gasteiger partial charge in [0.05, 0.1) is 5.56 Å². The molecule has 0 radical (unpaired) electrons. The Morgan fingerprint density at radius 2 is 2.15 bits per heavy atom. The number of rotatable bonds is 2. The molecule has 0 aliphatic rings. The monoisotopic (exact) mass is 253 g/mol. The Bertz CT molecular complexity index is 343. The highest BCUT2D eigenvalue weighted by Gasteiger charge is 2.19. The molecule has 0 aromatic carbocycles. The number of aldehydes is 1. The molecular weight excluding hydrogens is 251 g/mol. The van der Waals surface area contributed by atoms with Gasteiger partial charge in [0.15, 0.2) is 12.1 Å². The summed E-state index contributed by atoms with van der Waals surface area (Å²) < 4.78 is 37.1. The molecule has 1 aromatic heterocycles. The topological polar surface area (TPSA) is 30.0 Å². The molecule has 0 atom stereocenters. The van der Waals surface area contributed by atoms with Crippen LogP contribution < -0.4 is 0 Å². The van der Waals surface area contributed by atoms with E-state index in [1.807, 2.05) is 0 Å². The summed E-state index contributed by atoms with van der Waals surface area (Å²) in [6.45, 7) is 0. The highest BCUT2D eigenvalue weighted by atomic mass is 79.9. The summed E-state index contributed by atoms with van der Waals surface area (Å²) in [5.74, 6) is -1.28. The first-order chi connectivity index (χ1) is 6.07. The van der Waals surface area contributed by atoms with Crippen LogP contribution in [0.2, 0.25) is 0 Å². The zero-order chi connectivity index (χ0) is 10.0. The van der Waals surface area contributed by atoms with Gasteiger partial charge in [-0.3, -0.25) is 9.78 Å². The molecule has 1 aromatic rings. The molecule has 2 nitrogen and oxygen atoms in total. The van der Waals surface area contributed by atoms with Crippen LogP contribution >= 0.6 is 15.9 Å². The van der Waals surface area contributed by atoms with Crippen molar-refractivity contribution in [1.82, 2.24) is 4.98 Å². The molecule has 70 valence electrons.